The minimum absolute atomic E-state index is 0.000273. The van der Waals surface area contributed by atoms with Gasteiger partial charge in [0.15, 0.2) is 11.5 Å². The molecule has 0 aliphatic carbocycles. The van der Waals surface area contributed by atoms with Crippen molar-refractivity contribution >= 4 is 23.3 Å². The van der Waals surface area contributed by atoms with Crippen LogP contribution in [-0.2, 0) is 14.4 Å². The molecule has 1 aliphatic heterocycles. The highest BCUT2D eigenvalue weighted by Gasteiger charge is 2.46. The monoisotopic (exact) mass is 423 g/mol. The third kappa shape index (κ3) is 4.30. The van der Waals surface area contributed by atoms with Crippen LogP contribution in [-0.4, -0.2) is 29.9 Å². The lowest BCUT2D eigenvalue weighted by molar-refractivity contribution is -0.132. The Labute approximate surface area is 180 Å². The lowest BCUT2D eigenvalue weighted by atomic mass is 9.82. The molecule has 3 rings (SSSR count). The molecular formula is C24H25NO6. The molecular weight excluding hydrogens is 398 g/mol. The summed E-state index contributed by atoms with van der Waals surface area (Å²) in [6, 6.07) is 12.5. The lowest BCUT2D eigenvalue weighted by Gasteiger charge is -2.29. The minimum atomic E-state index is -0.901. The maximum absolute atomic E-state index is 13.3. The van der Waals surface area contributed by atoms with Crippen molar-refractivity contribution in [3.63, 3.8) is 0 Å². The highest BCUT2D eigenvalue weighted by Crippen LogP contribution is 2.44. The highest BCUT2D eigenvalue weighted by molar-refractivity contribution is 6.17. The largest absolute Gasteiger partial charge is 0.503 e. The number of ketones is 1. The summed E-state index contributed by atoms with van der Waals surface area (Å²) in [6.07, 6.45) is 0. The summed E-state index contributed by atoms with van der Waals surface area (Å²) < 4.78 is 10.5. The van der Waals surface area contributed by atoms with Crippen molar-refractivity contribution in [1.82, 2.24) is 0 Å². The summed E-state index contributed by atoms with van der Waals surface area (Å²) in [4.78, 5) is 39.2. The van der Waals surface area contributed by atoms with E-state index in [1.54, 1.807) is 69.3 Å². The fourth-order valence-electron chi connectivity index (χ4n) is 3.50. The summed E-state index contributed by atoms with van der Waals surface area (Å²) in [5, 5.41) is 10.7. The molecule has 1 aliphatic rings. The highest BCUT2D eigenvalue weighted by atomic mass is 16.5. The van der Waals surface area contributed by atoms with Crippen LogP contribution < -0.4 is 14.4 Å². The summed E-state index contributed by atoms with van der Waals surface area (Å²) in [5.41, 5.74) is 0.141. The Hall–Kier alpha value is -3.61. The predicted molar refractivity (Wildman–Crippen MR) is 115 cm³/mol. The number of benzene rings is 2. The van der Waals surface area contributed by atoms with Crippen LogP contribution in [0.3, 0.4) is 0 Å². The molecule has 2 aromatic carbocycles. The van der Waals surface area contributed by atoms with Gasteiger partial charge in [0, 0.05) is 24.1 Å². The van der Waals surface area contributed by atoms with Gasteiger partial charge in [-0.3, -0.25) is 19.3 Å². The number of carbonyl (C=O) groups excluding carboxylic acids is 3. The molecule has 1 atom stereocenters. The van der Waals surface area contributed by atoms with Gasteiger partial charge >= 0.3 is 5.97 Å². The maximum atomic E-state index is 13.3. The number of Topliss-reactive ketones (excluding diaryl/α,β-unsaturated/α-hetero) is 1. The van der Waals surface area contributed by atoms with Gasteiger partial charge in [-0.05, 0) is 29.8 Å². The Balaban J connectivity index is 2.21. The molecule has 0 fully saturated rings. The molecule has 0 spiro atoms. The van der Waals surface area contributed by atoms with Crippen LogP contribution >= 0.6 is 0 Å². The molecule has 1 N–H and O–H groups in total. The van der Waals surface area contributed by atoms with Crippen LogP contribution in [0.5, 0.6) is 11.5 Å². The van der Waals surface area contributed by atoms with Crippen LogP contribution in [0.25, 0.3) is 0 Å². The summed E-state index contributed by atoms with van der Waals surface area (Å²) in [5.74, 6) is -1.33. The molecule has 7 nitrogen and oxygen atoms in total. The molecule has 0 saturated heterocycles. The Morgan fingerprint density at radius 2 is 1.68 bits per heavy atom. The molecule has 162 valence electrons. The number of anilines is 1. The quantitative estimate of drug-likeness (QED) is 0.574. The third-order valence-corrected chi connectivity index (χ3v) is 4.90. The number of hydrogen-bond acceptors (Lipinski definition) is 6. The number of methoxy groups -OCH3 is 1. The van der Waals surface area contributed by atoms with E-state index in [0.29, 0.717) is 17.0 Å². The Morgan fingerprint density at radius 1 is 1.03 bits per heavy atom. The van der Waals surface area contributed by atoms with Gasteiger partial charge in [0.25, 0.3) is 5.91 Å². The summed E-state index contributed by atoms with van der Waals surface area (Å²) in [7, 11) is 1.51. The first-order valence-electron chi connectivity index (χ1n) is 9.78. The van der Waals surface area contributed by atoms with Crippen molar-refractivity contribution in [3.8, 4) is 11.5 Å². The fraction of sp³-hybridized carbons (Fsp3) is 0.292. The molecule has 2 aromatic rings. The molecule has 0 saturated carbocycles. The van der Waals surface area contributed by atoms with Crippen molar-refractivity contribution in [2.24, 2.45) is 5.41 Å². The molecule has 7 heteroatoms. The SMILES string of the molecule is COc1cccc(N2C(=O)C(O)=C(C(=O)C(C)(C)C)C2c2cccc(OC(C)=O)c2)c1. The van der Waals surface area contributed by atoms with E-state index in [-0.39, 0.29) is 17.1 Å². The number of amides is 1. The second-order valence-corrected chi connectivity index (χ2v) is 8.29. The average molecular weight is 423 g/mol. The molecule has 0 bridgehead atoms. The van der Waals surface area contributed by atoms with Crippen molar-refractivity contribution < 1.29 is 29.0 Å². The average Bonchev–Trinajstić information content (AvgIpc) is 2.97. The molecule has 1 heterocycles. The molecule has 0 radical (unpaired) electrons. The van der Waals surface area contributed by atoms with Gasteiger partial charge in [0.2, 0.25) is 0 Å². The van der Waals surface area contributed by atoms with Crippen molar-refractivity contribution in [2.45, 2.75) is 33.7 Å². The molecule has 31 heavy (non-hydrogen) atoms. The first-order chi connectivity index (χ1) is 14.5. The van der Waals surface area contributed by atoms with Gasteiger partial charge < -0.3 is 14.6 Å². The standard InChI is InChI=1S/C24H25NO6/c1-14(26)31-18-11-6-8-15(12-18)20-19(22(28)24(2,3)4)21(27)23(29)25(20)16-9-7-10-17(13-16)30-5/h6-13,20,27H,1-5H3. The number of hydrogen-bond donors (Lipinski definition) is 1. The molecule has 1 amide bonds. The zero-order valence-electron chi connectivity index (χ0n) is 18.1. The van der Waals surface area contributed by atoms with Crippen LogP contribution in [0.2, 0.25) is 0 Å². The molecule has 0 aromatic heterocycles. The van der Waals surface area contributed by atoms with Gasteiger partial charge in [0.05, 0.1) is 18.7 Å². The van der Waals surface area contributed by atoms with E-state index in [9.17, 15) is 19.5 Å². The van der Waals surface area contributed by atoms with E-state index in [4.69, 9.17) is 9.47 Å². The fourth-order valence-corrected chi connectivity index (χ4v) is 3.50. The van der Waals surface area contributed by atoms with Crippen LogP contribution in [0.1, 0.15) is 39.3 Å². The van der Waals surface area contributed by atoms with Crippen LogP contribution in [0.15, 0.2) is 59.9 Å². The minimum Gasteiger partial charge on any atom is -0.503 e. The second kappa shape index (κ2) is 8.26. The Morgan fingerprint density at radius 3 is 2.29 bits per heavy atom. The number of nitrogens with zero attached hydrogens (tertiary/aromatic N) is 1. The number of rotatable bonds is 5. The summed E-state index contributed by atoms with van der Waals surface area (Å²) in [6.45, 7) is 6.45. The number of carbonyl (C=O) groups is 3. The van der Waals surface area contributed by atoms with Crippen molar-refractivity contribution in [1.29, 1.82) is 0 Å². The predicted octanol–water partition coefficient (Wildman–Crippen LogP) is 4.14. The van der Waals surface area contributed by atoms with E-state index < -0.39 is 29.1 Å². The van der Waals surface area contributed by atoms with Crippen molar-refractivity contribution in [2.75, 3.05) is 12.0 Å². The van der Waals surface area contributed by atoms with E-state index in [1.165, 1.54) is 18.9 Å². The topological polar surface area (TPSA) is 93.1 Å². The first kappa shape index (κ1) is 22.1. The van der Waals surface area contributed by atoms with Gasteiger partial charge in [-0.15, -0.1) is 0 Å². The lowest BCUT2D eigenvalue weighted by Crippen LogP contribution is -2.32. The number of ether oxygens (including phenoxy) is 2. The van der Waals surface area contributed by atoms with Gasteiger partial charge in [-0.25, -0.2) is 0 Å². The van der Waals surface area contributed by atoms with Crippen LogP contribution in [0, 0.1) is 5.41 Å². The van der Waals surface area contributed by atoms with Gasteiger partial charge in [-0.1, -0.05) is 39.0 Å². The van der Waals surface area contributed by atoms with E-state index in [0.717, 1.165) is 0 Å². The number of aliphatic hydroxyl groups excluding tert-OH is 1. The van der Waals surface area contributed by atoms with E-state index >= 15 is 0 Å². The second-order valence-electron chi connectivity index (χ2n) is 8.29. The zero-order chi connectivity index (χ0) is 22.9. The Bertz CT molecular complexity index is 1080. The Kier molecular flexibility index (Phi) is 5.88. The first-order valence-corrected chi connectivity index (χ1v) is 9.78. The van der Waals surface area contributed by atoms with Gasteiger partial charge in [-0.2, -0.15) is 0 Å². The smallest absolute Gasteiger partial charge is 0.308 e. The summed E-state index contributed by atoms with van der Waals surface area (Å²) >= 11 is 0. The third-order valence-electron chi connectivity index (χ3n) is 4.90. The van der Waals surface area contributed by atoms with E-state index in [2.05, 4.69) is 0 Å². The van der Waals surface area contributed by atoms with Crippen molar-refractivity contribution in [3.05, 3.63) is 65.4 Å². The zero-order valence-corrected chi connectivity index (χ0v) is 18.1. The number of esters is 1. The number of aliphatic hydroxyl groups is 1. The van der Waals surface area contributed by atoms with Gasteiger partial charge in [0.1, 0.15) is 11.5 Å². The maximum Gasteiger partial charge on any atom is 0.308 e. The normalized spacial score (nSPS) is 16.5. The molecule has 1 unspecified atom stereocenters. The van der Waals surface area contributed by atoms with E-state index in [1.807, 2.05) is 0 Å². The van der Waals surface area contributed by atoms with Crippen LogP contribution in [0.4, 0.5) is 5.69 Å².